The van der Waals surface area contributed by atoms with Crippen LogP contribution in [0.2, 0.25) is 0 Å². The molecule has 2 saturated heterocycles. The third-order valence-corrected chi connectivity index (χ3v) is 6.22. The molecule has 7 nitrogen and oxygen atoms in total. The molecule has 2 fully saturated rings. The second-order valence-electron chi connectivity index (χ2n) is 7.91. The summed E-state index contributed by atoms with van der Waals surface area (Å²) in [7, 11) is 0. The van der Waals surface area contributed by atoms with Crippen molar-refractivity contribution in [1.82, 2.24) is 19.8 Å². The van der Waals surface area contributed by atoms with Gasteiger partial charge in [-0.3, -0.25) is 14.6 Å². The zero-order valence-electron chi connectivity index (χ0n) is 16.8. The maximum Gasteiger partial charge on any atom is 0.274 e. The molecule has 156 valence electrons. The van der Waals surface area contributed by atoms with Crippen LogP contribution in [0.15, 0.2) is 73.2 Å². The molecule has 0 saturated carbocycles. The highest BCUT2D eigenvalue weighted by Crippen LogP contribution is 2.43. The first kappa shape index (κ1) is 19.4. The van der Waals surface area contributed by atoms with Gasteiger partial charge in [-0.1, -0.05) is 54.6 Å². The number of aliphatic hydroxyl groups is 1. The van der Waals surface area contributed by atoms with Gasteiger partial charge in [0.1, 0.15) is 12.2 Å². The molecule has 3 heterocycles. The number of hydrogen-bond acceptors (Lipinski definition) is 5. The summed E-state index contributed by atoms with van der Waals surface area (Å²) in [5, 5.41) is 9.97. The molecule has 2 aromatic carbocycles. The number of aliphatic hydroxyl groups excluding tert-OH is 1. The molecule has 2 aliphatic rings. The van der Waals surface area contributed by atoms with Crippen molar-refractivity contribution in [2.45, 2.75) is 18.0 Å². The Hall–Kier alpha value is -3.58. The molecule has 0 radical (unpaired) electrons. The Balaban J connectivity index is 1.39. The van der Waals surface area contributed by atoms with Crippen LogP contribution in [0.25, 0.3) is 11.1 Å². The topological polar surface area (TPSA) is 86.6 Å². The van der Waals surface area contributed by atoms with Crippen LogP contribution >= 0.6 is 0 Å². The molecule has 31 heavy (non-hydrogen) atoms. The highest BCUT2D eigenvalue weighted by molar-refractivity contribution is 5.96. The van der Waals surface area contributed by atoms with Crippen LogP contribution in [-0.4, -0.2) is 68.5 Å². The standard InChI is InChI=1S/C24H22N4O3/c29-15-21-23(18-8-6-17(7-9-18)16-4-2-1-3-5-16)20-13-27(14-22(30)28(20)21)24(31)19-12-25-10-11-26-19/h1-12,20-21,23,29H,13-15H2/t20-,21-,23+/m0/s1. The summed E-state index contributed by atoms with van der Waals surface area (Å²) in [4.78, 5) is 36.9. The minimum absolute atomic E-state index is 0.0118. The van der Waals surface area contributed by atoms with Crippen molar-refractivity contribution >= 4 is 11.8 Å². The summed E-state index contributed by atoms with van der Waals surface area (Å²) < 4.78 is 0. The third-order valence-electron chi connectivity index (χ3n) is 6.22. The van der Waals surface area contributed by atoms with Crippen LogP contribution in [0.4, 0.5) is 0 Å². The van der Waals surface area contributed by atoms with Crippen molar-refractivity contribution in [2.75, 3.05) is 19.7 Å². The number of hydrogen-bond donors (Lipinski definition) is 1. The molecule has 0 spiro atoms. The van der Waals surface area contributed by atoms with E-state index in [0.29, 0.717) is 6.54 Å². The van der Waals surface area contributed by atoms with Crippen molar-refractivity contribution in [3.05, 3.63) is 84.4 Å². The lowest BCUT2D eigenvalue weighted by atomic mass is 9.73. The first-order valence-electron chi connectivity index (χ1n) is 10.3. The zero-order valence-corrected chi connectivity index (χ0v) is 16.8. The predicted molar refractivity (Wildman–Crippen MR) is 114 cm³/mol. The minimum Gasteiger partial charge on any atom is -0.394 e. The van der Waals surface area contributed by atoms with Gasteiger partial charge in [0.15, 0.2) is 0 Å². The van der Waals surface area contributed by atoms with Gasteiger partial charge in [0.05, 0.1) is 24.9 Å². The number of piperazine rings is 1. The summed E-state index contributed by atoms with van der Waals surface area (Å²) >= 11 is 0. The summed E-state index contributed by atoms with van der Waals surface area (Å²) in [5.74, 6) is -0.479. The number of benzene rings is 2. The fraction of sp³-hybridized carbons (Fsp3) is 0.250. The monoisotopic (exact) mass is 414 g/mol. The van der Waals surface area contributed by atoms with E-state index in [1.807, 2.05) is 18.2 Å². The minimum atomic E-state index is -0.299. The Morgan fingerprint density at radius 2 is 1.77 bits per heavy atom. The van der Waals surface area contributed by atoms with Gasteiger partial charge in [-0.25, -0.2) is 4.98 Å². The van der Waals surface area contributed by atoms with Crippen molar-refractivity contribution < 1.29 is 14.7 Å². The van der Waals surface area contributed by atoms with Gasteiger partial charge in [0.2, 0.25) is 5.91 Å². The maximum absolute atomic E-state index is 12.8. The Labute approximate surface area is 180 Å². The van der Waals surface area contributed by atoms with Gasteiger partial charge in [0.25, 0.3) is 5.91 Å². The van der Waals surface area contributed by atoms with Crippen LogP contribution in [0.1, 0.15) is 22.0 Å². The van der Waals surface area contributed by atoms with E-state index < -0.39 is 0 Å². The number of carbonyl (C=O) groups excluding carboxylic acids is 2. The number of carbonyl (C=O) groups is 2. The summed E-state index contributed by atoms with van der Waals surface area (Å²) in [6.45, 7) is 0.288. The van der Waals surface area contributed by atoms with Crippen molar-refractivity contribution in [3.63, 3.8) is 0 Å². The number of rotatable bonds is 4. The number of aromatic nitrogens is 2. The smallest absolute Gasteiger partial charge is 0.274 e. The molecule has 2 aliphatic heterocycles. The van der Waals surface area contributed by atoms with E-state index >= 15 is 0 Å². The molecule has 5 rings (SSSR count). The van der Waals surface area contributed by atoms with Crippen molar-refractivity contribution in [2.24, 2.45) is 0 Å². The van der Waals surface area contributed by atoms with Gasteiger partial charge in [-0.05, 0) is 16.7 Å². The Morgan fingerprint density at radius 1 is 1.03 bits per heavy atom. The first-order chi connectivity index (χ1) is 15.2. The molecule has 1 aromatic heterocycles. The fourth-order valence-electron chi connectivity index (χ4n) is 4.75. The molecular formula is C24H22N4O3. The van der Waals surface area contributed by atoms with Crippen LogP contribution in [0, 0.1) is 0 Å². The molecule has 2 amide bonds. The lowest BCUT2D eigenvalue weighted by Crippen LogP contribution is -2.73. The third kappa shape index (κ3) is 3.37. The second kappa shape index (κ2) is 7.92. The van der Waals surface area contributed by atoms with E-state index in [4.69, 9.17) is 0 Å². The molecule has 0 bridgehead atoms. The zero-order chi connectivity index (χ0) is 21.4. The Bertz CT molecular complexity index is 1090. The Kier molecular flexibility index (Phi) is 4.95. The average Bonchev–Trinajstić information content (AvgIpc) is 2.81. The maximum atomic E-state index is 12.8. The van der Waals surface area contributed by atoms with E-state index in [2.05, 4.69) is 46.4 Å². The molecule has 0 unspecified atom stereocenters. The Morgan fingerprint density at radius 3 is 2.45 bits per heavy atom. The van der Waals surface area contributed by atoms with E-state index in [1.54, 1.807) is 4.90 Å². The van der Waals surface area contributed by atoms with E-state index in [0.717, 1.165) is 16.7 Å². The number of amides is 2. The summed E-state index contributed by atoms with van der Waals surface area (Å²) in [6, 6.07) is 17.9. The highest BCUT2D eigenvalue weighted by Gasteiger charge is 2.54. The van der Waals surface area contributed by atoms with Crippen LogP contribution < -0.4 is 0 Å². The molecule has 3 atom stereocenters. The number of nitrogens with zero attached hydrogens (tertiary/aromatic N) is 4. The van der Waals surface area contributed by atoms with Crippen molar-refractivity contribution in [3.8, 4) is 11.1 Å². The molecule has 3 aromatic rings. The van der Waals surface area contributed by atoms with Gasteiger partial charge in [-0.15, -0.1) is 0 Å². The molecule has 0 aliphatic carbocycles. The molecule has 1 N–H and O–H groups in total. The summed E-state index contributed by atoms with van der Waals surface area (Å²) in [5.41, 5.74) is 3.53. The largest absolute Gasteiger partial charge is 0.394 e. The second-order valence-corrected chi connectivity index (χ2v) is 7.91. The van der Waals surface area contributed by atoms with Gasteiger partial charge in [0, 0.05) is 24.9 Å². The lowest BCUT2D eigenvalue weighted by molar-refractivity contribution is -0.159. The predicted octanol–water partition coefficient (Wildman–Crippen LogP) is 1.95. The van der Waals surface area contributed by atoms with E-state index in [9.17, 15) is 14.7 Å². The van der Waals surface area contributed by atoms with Gasteiger partial charge >= 0.3 is 0 Å². The van der Waals surface area contributed by atoms with E-state index in [1.165, 1.54) is 23.5 Å². The molecule has 7 heteroatoms. The van der Waals surface area contributed by atoms with Crippen molar-refractivity contribution in [1.29, 1.82) is 0 Å². The van der Waals surface area contributed by atoms with Gasteiger partial charge < -0.3 is 14.9 Å². The van der Waals surface area contributed by atoms with E-state index in [-0.39, 0.29) is 48.7 Å². The number of fused-ring (bicyclic) bond motifs is 1. The average molecular weight is 414 g/mol. The lowest BCUT2D eigenvalue weighted by Gasteiger charge is -2.58. The normalized spacial score (nSPS) is 22.6. The fourth-order valence-corrected chi connectivity index (χ4v) is 4.75. The molecular weight excluding hydrogens is 392 g/mol. The van der Waals surface area contributed by atoms with Crippen LogP contribution in [0.5, 0.6) is 0 Å². The van der Waals surface area contributed by atoms with Gasteiger partial charge in [-0.2, -0.15) is 0 Å². The van der Waals surface area contributed by atoms with Crippen LogP contribution in [-0.2, 0) is 4.79 Å². The first-order valence-corrected chi connectivity index (χ1v) is 10.3. The summed E-state index contributed by atoms with van der Waals surface area (Å²) in [6.07, 6.45) is 4.39. The SMILES string of the molecule is O=C(c1cnccn1)N1CC(=O)N2[C@@H](CO)[C@H](c3ccc(-c4ccccc4)cc3)[C@@H]2C1. The quantitative estimate of drug-likeness (QED) is 0.705. The van der Waals surface area contributed by atoms with Crippen LogP contribution in [0.3, 0.4) is 0 Å². The highest BCUT2D eigenvalue weighted by atomic mass is 16.3.